The Labute approximate surface area is 125 Å². The molecule has 1 aliphatic heterocycles. The molecular weight excluding hydrogens is 264 g/mol. The monoisotopic (exact) mass is 286 g/mol. The van der Waals surface area contributed by atoms with E-state index in [2.05, 4.69) is 48.4 Å². The molecule has 0 radical (unpaired) electrons. The third kappa shape index (κ3) is 2.48. The van der Waals surface area contributed by atoms with Crippen molar-refractivity contribution in [1.29, 1.82) is 0 Å². The SMILES string of the molecule is CC(C)C(c1cccs1)N1CCc2cccc(N)c2C1. The minimum absolute atomic E-state index is 0.503. The Balaban J connectivity index is 1.90. The van der Waals surface area contributed by atoms with Gasteiger partial charge in [0, 0.05) is 29.7 Å². The Hall–Kier alpha value is -1.32. The van der Waals surface area contributed by atoms with Gasteiger partial charge >= 0.3 is 0 Å². The van der Waals surface area contributed by atoms with Crippen molar-refractivity contribution < 1.29 is 0 Å². The molecule has 0 fully saturated rings. The summed E-state index contributed by atoms with van der Waals surface area (Å²) in [7, 11) is 0. The lowest BCUT2D eigenvalue weighted by Gasteiger charge is -2.37. The molecule has 1 aliphatic rings. The average molecular weight is 286 g/mol. The summed E-state index contributed by atoms with van der Waals surface area (Å²) in [5.41, 5.74) is 9.88. The first-order valence-corrected chi connectivity index (χ1v) is 8.18. The van der Waals surface area contributed by atoms with Crippen LogP contribution in [0.5, 0.6) is 0 Å². The molecular formula is C17H22N2S. The van der Waals surface area contributed by atoms with Crippen molar-refractivity contribution in [2.24, 2.45) is 5.92 Å². The molecule has 20 heavy (non-hydrogen) atoms. The highest BCUT2D eigenvalue weighted by atomic mass is 32.1. The quantitative estimate of drug-likeness (QED) is 0.861. The number of nitrogen functional groups attached to an aromatic ring is 1. The summed E-state index contributed by atoms with van der Waals surface area (Å²) in [6, 6.07) is 11.2. The highest BCUT2D eigenvalue weighted by Crippen LogP contribution is 2.36. The van der Waals surface area contributed by atoms with Gasteiger partial charge in [0.25, 0.3) is 0 Å². The number of hydrogen-bond acceptors (Lipinski definition) is 3. The van der Waals surface area contributed by atoms with Gasteiger partial charge in [-0.05, 0) is 41.0 Å². The predicted molar refractivity (Wildman–Crippen MR) is 86.9 cm³/mol. The second-order valence-electron chi connectivity index (χ2n) is 5.91. The summed E-state index contributed by atoms with van der Waals surface area (Å²) in [6.45, 7) is 6.72. The summed E-state index contributed by atoms with van der Waals surface area (Å²) in [5.74, 6) is 0.611. The molecule has 2 N–H and O–H groups in total. The molecule has 0 spiro atoms. The van der Waals surface area contributed by atoms with Gasteiger partial charge in [-0.15, -0.1) is 11.3 Å². The van der Waals surface area contributed by atoms with Crippen molar-refractivity contribution in [3.8, 4) is 0 Å². The number of benzene rings is 1. The molecule has 1 unspecified atom stereocenters. The minimum atomic E-state index is 0.503. The maximum atomic E-state index is 6.17. The average Bonchev–Trinajstić information content (AvgIpc) is 2.93. The number of fused-ring (bicyclic) bond motifs is 1. The van der Waals surface area contributed by atoms with E-state index in [1.165, 1.54) is 16.0 Å². The molecule has 2 aromatic rings. The number of anilines is 1. The molecule has 1 aromatic heterocycles. The summed E-state index contributed by atoms with van der Waals surface area (Å²) >= 11 is 1.87. The van der Waals surface area contributed by atoms with Crippen LogP contribution in [0.4, 0.5) is 5.69 Å². The molecule has 0 aliphatic carbocycles. The standard InChI is InChI=1S/C17H22N2S/c1-12(2)17(16-7-4-10-20-16)19-9-8-13-5-3-6-15(18)14(13)11-19/h3-7,10,12,17H,8-9,11,18H2,1-2H3. The van der Waals surface area contributed by atoms with Crippen molar-refractivity contribution in [2.45, 2.75) is 32.9 Å². The zero-order valence-electron chi connectivity index (χ0n) is 12.2. The van der Waals surface area contributed by atoms with Crippen LogP contribution in [-0.4, -0.2) is 11.4 Å². The van der Waals surface area contributed by atoms with E-state index in [0.29, 0.717) is 12.0 Å². The van der Waals surface area contributed by atoms with E-state index < -0.39 is 0 Å². The lowest BCUT2D eigenvalue weighted by Crippen LogP contribution is -2.36. The first-order valence-electron chi connectivity index (χ1n) is 7.30. The zero-order valence-corrected chi connectivity index (χ0v) is 13.0. The van der Waals surface area contributed by atoms with E-state index in [4.69, 9.17) is 5.73 Å². The first-order chi connectivity index (χ1) is 9.66. The Kier molecular flexibility index (Phi) is 3.81. The number of nitrogens with zero attached hydrogens (tertiary/aromatic N) is 1. The molecule has 106 valence electrons. The molecule has 0 saturated carbocycles. The smallest absolute Gasteiger partial charge is 0.0468 e. The van der Waals surface area contributed by atoms with E-state index in [0.717, 1.165) is 25.2 Å². The van der Waals surface area contributed by atoms with Gasteiger partial charge in [-0.3, -0.25) is 4.90 Å². The van der Waals surface area contributed by atoms with Gasteiger partial charge in [0.1, 0.15) is 0 Å². The van der Waals surface area contributed by atoms with Gasteiger partial charge in [0.15, 0.2) is 0 Å². The number of thiophene rings is 1. The summed E-state index contributed by atoms with van der Waals surface area (Å²) in [5, 5.41) is 2.18. The molecule has 3 rings (SSSR count). The van der Waals surface area contributed by atoms with E-state index in [1.807, 2.05) is 17.4 Å². The number of nitrogens with two attached hydrogens (primary N) is 1. The minimum Gasteiger partial charge on any atom is -0.398 e. The highest BCUT2D eigenvalue weighted by molar-refractivity contribution is 7.10. The molecule has 2 nitrogen and oxygen atoms in total. The third-order valence-electron chi connectivity index (χ3n) is 4.20. The molecule has 0 bridgehead atoms. The van der Waals surface area contributed by atoms with Crippen molar-refractivity contribution in [3.63, 3.8) is 0 Å². The van der Waals surface area contributed by atoms with Gasteiger partial charge in [0.05, 0.1) is 0 Å². The summed E-state index contributed by atoms with van der Waals surface area (Å²) < 4.78 is 0. The fraction of sp³-hybridized carbons (Fsp3) is 0.412. The van der Waals surface area contributed by atoms with Crippen LogP contribution in [-0.2, 0) is 13.0 Å². The van der Waals surface area contributed by atoms with Crippen LogP contribution in [0, 0.1) is 5.92 Å². The first kappa shape index (κ1) is 13.7. The van der Waals surface area contributed by atoms with Crippen molar-refractivity contribution >= 4 is 17.0 Å². The largest absolute Gasteiger partial charge is 0.398 e. The van der Waals surface area contributed by atoms with Crippen molar-refractivity contribution in [2.75, 3.05) is 12.3 Å². The van der Waals surface area contributed by atoms with E-state index in [9.17, 15) is 0 Å². The molecule has 0 amide bonds. The second-order valence-corrected chi connectivity index (χ2v) is 6.89. The van der Waals surface area contributed by atoms with Crippen LogP contribution in [0.3, 0.4) is 0 Å². The van der Waals surface area contributed by atoms with Crippen LogP contribution in [0.25, 0.3) is 0 Å². The molecule has 2 heterocycles. The van der Waals surface area contributed by atoms with Gasteiger partial charge in [-0.25, -0.2) is 0 Å². The third-order valence-corrected chi connectivity index (χ3v) is 5.14. The molecule has 0 saturated heterocycles. The second kappa shape index (κ2) is 5.58. The summed E-state index contributed by atoms with van der Waals surface area (Å²) in [4.78, 5) is 4.06. The highest BCUT2D eigenvalue weighted by Gasteiger charge is 2.28. The topological polar surface area (TPSA) is 29.3 Å². The normalized spacial score (nSPS) is 17.1. The maximum absolute atomic E-state index is 6.17. The molecule has 1 aromatic carbocycles. The van der Waals surface area contributed by atoms with Crippen LogP contribution in [0.2, 0.25) is 0 Å². The maximum Gasteiger partial charge on any atom is 0.0468 e. The molecule has 1 atom stereocenters. The fourth-order valence-corrected chi connectivity index (χ4v) is 4.29. The Morgan fingerprint density at radius 2 is 2.05 bits per heavy atom. The molecule has 3 heteroatoms. The Morgan fingerprint density at radius 1 is 1.20 bits per heavy atom. The lowest BCUT2D eigenvalue weighted by molar-refractivity contribution is 0.143. The van der Waals surface area contributed by atoms with Gasteiger partial charge in [-0.2, -0.15) is 0 Å². The van der Waals surface area contributed by atoms with Crippen LogP contribution in [0.1, 0.15) is 35.9 Å². The van der Waals surface area contributed by atoms with E-state index in [-0.39, 0.29) is 0 Å². The van der Waals surface area contributed by atoms with Crippen LogP contribution in [0.15, 0.2) is 35.7 Å². The Morgan fingerprint density at radius 3 is 2.75 bits per heavy atom. The van der Waals surface area contributed by atoms with Crippen LogP contribution < -0.4 is 5.73 Å². The lowest BCUT2D eigenvalue weighted by atomic mass is 9.93. The van der Waals surface area contributed by atoms with E-state index >= 15 is 0 Å². The number of rotatable bonds is 3. The van der Waals surface area contributed by atoms with E-state index in [1.54, 1.807) is 0 Å². The van der Waals surface area contributed by atoms with Gasteiger partial charge in [-0.1, -0.05) is 32.0 Å². The van der Waals surface area contributed by atoms with Gasteiger partial charge in [0.2, 0.25) is 0 Å². The predicted octanol–water partition coefficient (Wildman–Crippen LogP) is 4.09. The van der Waals surface area contributed by atoms with Crippen LogP contribution >= 0.6 is 11.3 Å². The summed E-state index contributed by atoms with van der Waals surface area (Å²) in [6.07, 6.45) is 1.11. The fourth-order valence-electron chi connectivity index (χ4n) is 3.25. The van der Waals surface area contributed by atoms with Crippen molar-refractivity contribution in [3.05, 3.63) is 51.7 Å². The Bertz CT molecular complexity index is 575. The number of hydrogen-bond donors (Lipinski definition) is 1. The zero-order chi connectivity index (χ0) is 14.1. The van der Waals surface area contributed by atoms with Gasteiger partial charge < -0.3 is 5.73 Å². The van der Waals surface area contributed by atoms with Crippen molar-refractivity contribution in [1.82, 2.24) is 4.90 Å².